The number of ether oxygens (including phenoxy) is 1. The molecule has 0 radical (unpaired) electrons. The molecular weight excluding hydrogens is 232 g/mol. The molecule has 4 heteroatoms. The highest BCUT2D eigenvalue weighted by Crippen LogP contribution is 2.24. The van der Waals surface area contributed by atoms with Crippen LogP contribution in [-0.4, -0.2) is 18.8 Å². The van der Waals surface area contributed by atoms with E-state index in [4.69, 9.17) is 14.3 Å². The zero-order valence-corrected chi connectivity index (χ0v) is 11.3. The predicted molar refractivity (Wildman–Crippen MR) is 70.9 cm³/mol. The molecule has 0 aliphatic heterocycles. The third-order valence-electron chi connectivity index (χ3n) is 3.04. The lowest BCUT2D eigenvalue weighted by Gasteiger charge is -2.09. The summed E-state index contributed by atoms with van der Waals surface area (Å²) in [5.74, 6) is 1.11. The van der Waals surface area contributed by atoms with Crippen molar-refractivity contribution in [1.29, 1.82) is 0 Å². The Morgan fingerprint density at radius 1 is 1.39 bits per heavy atom. The summed E-state index contributed by atoms with van der Waals surface area (Å²) in [7, 11) is 1.53. The Kier molecular flexibility index (Phi) is 5.16. The average molecular weight is 252 g/mol. The van der Waals surface area contributed by atoms with Crippen LogP contribution in [0.1, 0.15) is 30.2 Å². The highest BCUT2D eigenvalue weighted by molar-refractivity contribution is 5.53. The van der Waals surface area contributed by atoms with Gasteiger partial charge in [-0.05, 0) is 26.3 Å². The molecule has 1 N–H and O–H groups in total. The van der Waals surface area contributed by atoms with Gasteiger partial charge in [0, 0.05) is 18.1 Å². The fourth-order valence-corrected chi connectivity index (χ4v) is 1.75. The highest BCUT2D eigenvalue weighted by atomic mass is 16.5. The van der Waals surface area contributed by atoms with Gasteiger partial charge in [-0.1, -0.05) is 13.0 Å². The fraction of sp³-hybridized carbons (Fsp3) is 0.500. The van der Waals surface area contributed by atoms with E-state index in [-0.39, 0.29) is 12.5 Å². The zero-order valence-electron chi connectivity index (χ0n) is 11.3. The normalized spacial score (nSPS) is 12.9. The molecule has 0 amide bonds. The summed E-state index contributed by atoms with van der Waals surface area (Å²) in [6.45, 7) is 5.59. The van der Waals surface area contributed by atoms with Crippen LogP contribution in [0.3, 0.4) is 0 Å². The number of rotatable bonds is 5. The van der Waals surface area contributed by atoms with Gasteiger partial charge in [0.1, 0.15) is 11.5 Å². The number of hydrogen-bond donors (Lipinski definition) is 1. The third-order valence-corrected chi connectivity index (χ3v) is 3.04. The lowest BCUT2D eigenvalue weighted by Crippen LogP contribution is -2.09. The standard InChI is InChI=1S/C14H20O4/c1-5-11(8-15)6-7-12-9(2)13(17-4)10(3)14(16)18-12/h6-7,11,15H,5,8H2,1-4H3/b7-6+/t11-/m1/s1. The molecule has 4 nitrogen and oxygen atoms in total. The largest absolute Gasteiger partial charge is 0.496 e. The second-order valence-corrected chi connectivity index (χ2v) is 4.25. The number of aliphatic hydroxyl groups excluding tert-OH is 1. The number of hydrogen-bond acceptors (Lipinski definition) is 4. The minimum absolute atomic E-state index is 0.0713. The van der Waals surface area contributed by atoms with Gasteiger partial charge in [0.05, 0.1) is 12.7 Å². The molecule has 0 aliphatic rings. The Hall–Kier alpha value is -1.55. The van der Waals surface area contributed by atoms with E-state index in [1.807, 2.05) is 19.9 Å². The van der Waals surface area contributed by atoms with E-state index >= 15 is 0 Å². The second kappa shape index (κ2) is 6.40. The van der Waals surface area contributed by atoms with E-state index in [0.717, 1.165) is 12.0 Å². The summed E-state index contributed by atoms with van der Waals surface area (Å²) in [5, 5.41) is 9.10. The Morgan fingerprint density at radius 3 is 2.56 bits per heavy atom. The molecule has 0 saturated carbocycles. The van der Waals surface area contributed by atoms with Gasteiger partial charge < -0.3 is 14.3 Å². The van der Waals surface area contributed by atoms with Gasteiger partial charge in [-0.3, -0.25) is 0 Å². The molecule has 0 aliphatic carbocycles. The van der Waals surface area contributed by atoms with E-state index < -0.39 is 5.63 Å². The maximum atomic E-state index is 11.6. The lowest BCUT2D eigenvalue weighted by molar-refractivity contribution is 0.250. The van der Waals surface area contributed by atoms with Crippen molar-refractivity contribution in [2.75, 3.05) is 13.7 Å². The Labute approximate surface area is 107 Å². The molecule has 1 atom stereocenters. The van der Waals surface area contributed by atoms with Crippen LogP contribution in [0, 0.1) is 19.8 Å². The summed E-state index contributed by atoms with van der Waals surface area (Å²) in [5.41, 5.74) is 0.870. The summed E-state index contributed by atoms with van der Waals surface area (Å²) in [6, 6.07) is 0. The van der Waals surface area contributed by atoms with Crippen molar-refractivity contribution in [3.63, 3.8) is 0 Å². The summed E-state index contributed by atoms with van der Waals surface area (Å²) >= 11 is 0. The van der Waals surface area contributed by atoms with E-state index in [0.29, 0.717) is 17.1 Å². The molecule has 0 fully saturated rings. The van der Waals surface area contributed by atoms with E-state index in [1.54, 1.807) is 13.0 Å². The predicted octanol–water partition coefficient (Wildman–Crippen LogP) is 2.30. The topological polar surface area (TPSA) is 59.7 Å². The van der Waals surface area contributed by atoms with Crippen molar-refractivity contribution in [3.8, 4) is 5.75 Å². The SMILES string of the molecule is CC[C@H](/C=C/c1oc(=O)c(C)c(OC)c1C)CO. The van der Waals surface area contributed by atoms with Gasteiger partial charge in [0.25, 0.3) is 0 Å². The van der Waals surface area contributed by atoms with Crippen LogP contribution in [0.5, 0.6) is 5.75 Å². The van der Waals surface area contributed by atoms with Gasteiger partial charge in [-0.15, -0.1) is 0 Å². The van der Waals surface area contributed by atoms with Gasteiger partial charge in [0.15, 0.2) is 0 Å². The molecule has 0 bridgehead atoms. The van der Waals surface area contributed by atoms with E-state index in [2.05, 4.69) is 0 Å². The van der Waals surface area contributed by atoms with Crippen LogP contribution in [0.25, 0.3) is 6.08 Å². The molecule has 0 saturated heterocycles. The van der Waals surface area contributed by atoms with Crippen LogP contribution in [0.15, 0.2) is 15.3 Å². The van der Waals surface area contributed by atoms with Gasteiger partial charge in [-0.25, -0.2) is 4.79 Å². The molecular formula is C14H20O4. The molecule has 0 spiro atoms. The van der Waals surface area contributed by atoms with Crippen molar-refractivity contribution >= 4 is 6.08 Å². The van der Waals surface area contributed by atoms with Gasteiger partial charge >= 0.3 is 5.63 Å². The number of aliphatic hydroxyl groups is 1. The van der Waals surface area contributed by atoms with Crippen molar-refractivity contribution in [2.45, 2.75) is 27.2 Å². The first-order valence-electron chi connectivity index (χ1n) is 6.02. The Bertz CT molecular complexity index is 481. The van der Waals surface area contributed by atoms with Crippen LogP contribution in [-0.2, 0) is 0 Å². The zero-order chi connectivity index (χ0) is 13.7. The van der Waals surface area contributed by atoms with Crippen LogP contribution >= 0.6 is 0 Å². The average Bonchev–Trinajstić information content (AvgIpc) is 2.37. The van der Waals surface area contributed by atoms with Gasteiger partial charge in [-0.2, -0.15) is 0 Å². The number of methoxy groups -OCH3 is 1. The minimum Gasteiger partial charge on any atom is -0.496 e. The van der Waals surface area contributed by atoms with Crippen molar-refractivity contribution in [3.05, 3.63) is 33.4 Å². The molecule has 18 heavy (non-hydrogen) atoms. The van der Waals surface area contributed by atoms with Crippen molar-refractivity contribution < 1.29 is 14.3 Å². The minimum atomic E-state index is -0.394. The first kappa shape index (κ1) is 14.5. The second-order valence-electron chi connectivity index (χ2n) is 4.25. The third kappa shape index (κ3) is 3.01. The maximum Gasteiger partial charge on any atom is 0.342 e. The fourth-order valence-electron chi connectivity index (χ4n) is 1.75. The van der Waals surface area contributed by atoms with Gasteiger partial charge in [0.2, 0.25) is 0 Å². The van der Waals surface area contributed by atoms with Crippen molar-refractivity contribution in [1.82, 2.24) is 0 Å². The Morgan fingerprint density at radius 2 is 2.06 bits per heavy atom. The molecule has 1 aromatic rings. The van der Waals surface area contributed by atoms with Crippen LogP contribution in [0.4, 0.5) is 0 Å². The van der Waals surface area contributed by atoms with Crippen LogP contribution < -0.4 is 10.4 Å². The molecule has 1 heterocycles. The molecule has 100 valence electrons. The quantitative estimate of drug-likeness (QED) is 0.873. The van der Waals surface area contributed by atoms with E-state index in [9.17, 15) is 4.79 Å². The van der Waals surface area contributed by atoms with Crippen LogP contribution in [0.2, 0.25) is 0 Å². The molecule has 0 unspecified atom stereocenters. The summed E-state index contributed by atoms with van der Waals surface area (Å²) in [4.78, 5) is 11.6. The maximum absolute atomic E-state index is 11.6. The lowest BCUT2D eigenvalue weighted by atomic mass is 10.1. The highest BCUT2D eigenvalue weighted by Gasteiger charge is 2.12. The first-order chi connectivity index (χ1) is 8.54. The smallest absolute Gasteiger partial charge is 0.342 e. The van der Waals surface area contributed by atoms with E-state index in [1.165, 1.54) is 7.11 Å². The summed E-state index contributed by atoms with van der Waals surface area (Å²) < 4.78 is 10.4. The summed E-state index contributed by atoms with van der Waals surface area (Å²) in [6.07, 6.45) is 4.41. The molecule has 0 aromatic carbocycles. The Balaban J connectivity index is 3.18. The monoisotopic (exact) mass is 252 g/mol. The van der Waals surface area contributed by atoms with Crippen molar-refractivity contribution in [2.24, 2.45) is 5.92 Å². The molecule has 1 rings (SSSR count). The first-order valence-corrected chi connectivity index (χ1v) is 6.02. The molecule has 1 aromatic heterocycles.